The highest BCUT2D eigenvalue weighted by Crippen LogP contribution is 2.18. The number of aliphatic hydroxyl groups excluding tert-OH is 1. The van der Waals surface area contributed by atoms with Gasteiger partial charge in [0.1, 0.15) is 0 Å². The zero-order valence-electron chi connectivity index (χ0n) is 10.4. The number of carboxylic acid groups (broad SMARTS) is 1. The fourth-order valence-corrected chi connectivity index (χ4v) is 1.78. The molecule has 0 bridgehead atoms. The van der Waals surface area contributed by atoms with Crippen LogP contribution in [0.4, 0.5) is 10.5 Å². The van der Waals surface area contributed by atoms with E-state index in [0.717, 1.165) is 4.90 Å². The van der Waals surface area contributed by atoms with Crippen molar-refractivity contribution in [1.29, 1.82) is 0 Å². The number of aliphatic hydroxyl groups is 1. The first-order valence-corrected chi connectivity index (χ1v) is 6.85. The summed E-state index contributed by atoms with van der Waals surface area (Å²) in [5, 5.41) is 22.6. The molecule has 4 N–H and O–H groups in total. The molecular formula is C12H16N2O4S. The summed E-state index contributed by atoms with van der Waals surface area (Å²) in [4.78, 5) is 22.9. The van der Waals surface area contributed by atoms with E-state index in [1.54, 1.807) is 17.8 Å². The number of carbonyl (C=O) groups is 2. The maximum Gasteiger partial charge on any atom is 0.332 e. The fourth-order valence-electron chi connectivity index (χ4n) is 1.32. The average molecular weight is 284 g/mol. The van der Waals surface area contributed by atoms with Gasteiger partial charge in [0, 0.05) is 23.5 Å². The van der Waals surface area contributed by atoms with Gasteiger partial charge in [0.2, 0.25) is 0 Å². The Morgan fingerprint density at radius 3 is 2.79 bits per heavy atom. The van der Waals surface area contributed by atoms with Gasteiger partial charge >= 0.3 is 12.0 Å². The quantitative estimate of drug-likeness (QED) is 0.591. The largest absolute Gasteiger partial charge is 0.479 e. The molecule has 0 heterocycles. The van der Waals surface area contributed by atoms with E-state index >= 15 is 0 Å². The van der Waals surface area contributed by atoms with Gasteiger partial charge in [-0.05, 0) is 24.5 Å². The van der Waals surface area contributed by atoms with Gasteiger partial charge in [0.25, 0.3) is 0 Å². The summed E-state index contributed by atoms with van der Waals surface area (Å²) in [5.41, 5.74) is 0.656. The van der Waals surface area contributed by atoms with E-state index in [2.05, 4.69) is 10.6 Å². The van der Waals surface area contributed by atoms with E-state index in [4.69, 9.17) is 10.2 Å². The molecule has 0 aliphatic carbocycles. The third-order valence-electron chi connectivity index (χ3n) is 2.32. The molecule has 1 rings (SSSR count). The highest BCUT2D eigenvalue weighted by molar-refractivity contribution is 7.98. The van der Waals surface area contributed by atoms with Gasteiger partial charge in [-0.1, -0.05) is 6.07 Å². The summed E-state index contributed by atoms with van der Waals surface area (Å²) in [6.45, 7) is 0.0848. The van der Waals surface area contributed by atoms with Gasteiger partial charge in [-0.15, -0.1) is 11.8 Å². The second kappa shape index (κ2) is 7.65. The number of anilines is 1. The number of nitrogens with one attached hydrogen (secondary N) is 2. The molecule has 0 spiro atoms. The van der Waals surface area contributed by atoms with Gasteiger partial charge < -0.3 is 20.8 Å². The Balaban J connectivity index is 2.36. The van der Waals surface area contributed by atoms with Crippen molar-refractivity contribution < 1.29 is 19.8 Å². The molecule has 0 aliphatic heterocycles. The molecule has 0 fully saturated rings. The summed E-state index contributed by atoms with van der Waals surface area (Å²) in [5.74, 6) is -1.30. The Bertz CT molecular complexity index is 453. The van der Waals surface area contributed by atoms with Crippen LogP contribution in [0.2, 0.25) is 0 Å². The minimum atomic E-state index is -1.46. The van der Waals surface area contributed by atoms with Gasteiger partial charge in [-0.2, -0.15) is 0 Å². The number of aliphatic carboxylic acids is 1. The Labute approximate surface area is 115 Å². The summed E-state index contributed by atoms with van der Waals surface area (Å²) in [7, 11) is 0. The van der Waals surface area contributed by atoms with Gasteiger partial charge in [-0.25, -0.2) is 9.59 Å². The molecule has 19 heavy (non-hydrogen) atoms. The molecule has 0 unspecified atom stereocenters. The number of hydrogen-bond acceptors (Lipinski definition) is 4. The van der Waals surface area contributed by atoms with Crippen LogP contribution in [0.15, 0.2) is 29.2 Å². The van der Waals surface area contributed by atoms with E-state index in [1.807, 2.05) is 24.5 Å². The van der Waals surface area contributed by atoms with Crippen molar-refractivity contribution >= 4 is 29.4 Å². The highest BCUT2D eigenvalue weighted by Gasteiger charge is 2.12. The lowest BCUT2D eigenvalue weighted by Crippen LogP contribution is -2.33. The second-order valence-corrected chi connectivity index (χ2v) is 4.64. The van der Waals surface area contributed by atoms with E-state index in [-0.39, 0.29) is 13.0 Å². The van der Waals surface area contributed by atoms with Crippen molar-refractivity contribution in [2.75, 3.05) is 18.1 Å². The standard InChI is InChI=1S/C12H16N2O4S/c1-19-9-4-2-3-8(7-9)14-12(18)13-6-5-10(15)11(16)17/h2-4,7,10,15H,5-6H2,1H3,(H,16,17)(H2,13,14,18)/t10-/m0/s1. The summed E-state index contributed by atoms with van der Waals surface area (Å²) >= 11 is 1.56. The number of thioether (sulfide) groups is 1. The lowest BCUT2D eigenvalue weighted by molar-refractivity contribution is -0.146. The molecule has 7 heteroatoms. The van der Waals surface area contributed by atoms with Gasteiger partial charge in [0.05, 0.1) is 0 Å². The van der Waals surface area contributed by atoms with Crippen LogP contribution < -0.4 is 10.6 Å². The minimum Gasteiger partial charge on any atom is -0.479 e. The van der Waals surface area contributed by atoms with E-state index in [1.165, 1.54) is 0 Å². The first-order chi connectivity index (χ1) is 9.02. The predicted molar refractivity (Wildman–Crippen MR) is 73.5 cm³/mol. The van der Waals surface area contributed by atoms with Crippen LogP contribution in [-0.2, 0) is 4.79 Å². The van der Waals surface area contributed by atoms with Crippen LogP contribution in [0.25, 0.3) is 0 Å². The van der Waals surface area contributed by atoms with Crippen LogP contribution >= 0.6 is 11.8 Å². The SMILES string of the molecule is CSc1cccc(NC(=O)NCC[C@H](O)C(=O)O)c1. The molecule has 0 saturated heterocycles. The van der Waals surface area contributed by atoms with E-state index < -0.39 is 18.1 Å². The molecule has 1 atom stereocenters. The van der Waals surface area contributed by atoms with Crippen LogP contribution in [0.1, 0.15) is 6.42 Å². The van der Waals surface area contributed by atoms with Gasteiger partial charge in [0.15, 0.2) is 6.10 Å². The molecule has 6 nitrogen and oxygen atoms in total. The number of hydrogen-bond donors (Lipinski definition) is 4. The van der Waals surface area contributed by atoms with Crippen molar-refractivity contribution in [2.45, 2.75) is 17.4 Å². The summed E-state index contributed by atoms with van der Waals surface area (Å²) in [6, 6.07) is 6.91. The predicted octanol–water partition coefficient (Wildman–Crippen LogP) is 1.37. The highest BCUT2D eigenvalue weighted by atomic mass is 32.2. The molecule has 0 aliphatic rings. The molecule has 0 radical (unpaired) electrons. The van der Waals surface area contributed by atoms with Crippen molar-refractivity contribution in [2.24, 2.45) is 0 Å². The zero-order chi connectivity index (χ0) is 14.3. The Morgan fingerprint density at radius 2 is 2.16 bits per heavy atom. The molecule has 0 aromatic heterocycles. The Kier molecular flexibility index (Phi) is 6.17. The summed E-state index contributed by atoms with van der Waals surface area (Å²) in [6.07, 6.45) is 0.445. The lowest BCUT2D eigenvalue weighted by Gasteiger charge is -2.09. The van der Waals surface area contributed by atoms with Crippen molar-refractivity contribution in [3.05, 3.63) is 24.3 Å². The number of rotatable bonds is 6. The molecule has 104 valence electrons. The molecule has 0 saturated carbocycles. The molecule has 2 amide bonds. The second-order valence-electron chi connectivity index (χ2n) is 3.76. The Hall–Kier alpha value is -1.73. The van der Waals surface area contributed by atoms with Crippen LogP contribution in [-0.4, -0.2) is 41.1 Å². The molecule has 1 aromatic rings. The lowest BCUT2D eigenvalue weighted by atomic mass is 10.2. The van der Waals surface area contributed by atoms with Crippen LogP contribution in [0.3, 0.4) is 0 Å². The van der Waals surface area contributed by atoms with Crippen LogP contribution in [0.5, 0.6) is 0 Å². The fraction of sp³-hybridized carbons (Fsp3) is 0.333. The van der Waals surface area contributed by atoms with Crippen LogP contribution in [0, 0.1) is 0 Å². The zero-order valence-corrected chi connectivity index (χ0v) is 11.2. The number of carboxylic acids is 1. The minimum absolute atomic E-state index is 0.0341. The first kappa shape index (κ1) is 15.3. The maximum atomic E-state index is 11.5. The third kappa shape index (κ3) is 5.62. The monoisotopic (exact) mass is 284 g/mol. The van der Waals surface area contributed by atoms with Crippen molar-refractivity contribution in [3.63, 3.8) is 0 Å². The third-order valence-corrected chi connectivity index (χ3v) is 3.04. The molecule has 1 aromatic carbocycles. The van der Waals surface area contributed by atoms with Gasteiger partial charge in [-0.3, -0.25) is 0 Å². The maximum absolute atomic E-state index is 11.5. The number of urea groups is 1. The van der Waals surface area contributed by atoms with E-state index in [0.29, 0.717) is 5.69 Å². The van der Waals surface area contributed by atoms with E-state index in [9.17, 15) is 9.59 Å². The molecular weight excluding hydrogens is 268 g/mol. The summed E-state index contributed by atoms with van der Waals surface area (Å²) < 4.78 is 0. The average Bonchev–Trinajstić information content (AvgIpc) is 2.38. The first-order valence-electron chi connectivity index (χ1n) is 5.62. The number of benzene rings is 1. The Morgan fingerprint density at radius 1 is 1.42 bits per heavy atom. The number of amides is 2. The van der Waals surface area contributed by atoms with Crippen molar-refractivity contribution in [1.82, 2.24) is 5.32 Å². The number of carbonyl (C=O) groups excluding carboxylic acids is 1. The topological polar surface area (TPSA) is 98.7 Å². The van der Waals surface area contributed by atoms with Crippen molar-refractivity contribution in [3.8, 4) is 0 Å². The smallest absolute Gasteiger partial charge is 0.332 e. The normalized spacial score (nSPS) is 11.7.